The van der Waals surface area contributed by atoms with Crippen LogP contribution in [-0.2, 0) is 14.8 Å². The molecule has 1 aliphatic carbocycles. The number of aryl methyl sites for hydroxylation is 1. The quantitative estimate of drug-likeness (QED) is 0.841. The van der Waals surface area contributed by atoms with Gasteiger partial charge in [0, 0.05) is 11.6 Å². The van der Waals surface area contributed by atoms with Crippen LogP contribution in [0.4, 0.5) is 5.69 Å². The molecule has 0 saturated heterocycles. The van der Waals surface area contributed by atoms with Gasteiger partial charge < -0.3 is 5.32 Å². The minimum Gasteiger partial charge on any atom is -0.326 e. The number of primary sulfonamides is 1. The lowest BCUT2D eigenvalue weighted by atomic mass is 9.99. The highest BCUT2D eigenvalue weighted by atomic mass is 32.2. The van der Waals surface area contributed by atoms with Crippen molar-refractivity contribution in [3.63, 3.8) is 0 Å². The van der Waals surface area contributed by atoms with Gasteiger partial charge in [-0.3, -0.25) is 4.79 Å². The molecule has 1 amide bonds. The van der Waals surface area contributed by atoms with Crippen LogP contribution in [0, 0.1) is 12.8 Å². The third-order valence-corrected chi connectivity index (χ3v) is 4.93. The first-order valence-electron chi connectivity index (χ1n) is 7.32. The number of anilines is 1. The monoisotopic (exact) mass is 310 g/mol. The van der Waals surface area contributed by atoms with Gasteiger partial charge in [-0.15, -0.1) is 0 Å². The zero-order chi connectivity index (χ0) is 15.5. The molecule has 0 aromatic heterocycles. The number of nitrogens with two attached hydrogens (primary N) is 1. The fourth-order valence-corrected chi connectivity index (χ4v) is 3.23. The summed E-state index contributed by atoms with van der Waals surface area (Å²) in [5.74, 6) is -0.00314. The van der Waals surface area contributed by atoms with E-state index in [4.69, 9.17) is 5.14 Å². The summed E-state index contributed by atoms with van der Waals surface area (Å²) in [5.41, 5.74) is 1.35. The second-order valence-electron chi connectivity index (χ2n) is 5.70. The smallest absolute Gasteiger partial charge is 0.238 e. The van der Waals surface area contributed by atoms with Crippen LogP contribution in [0.2, 0.25) is 0 Å². The Balaban J connectivity index is 2.16. The van der Waals surface area contributed by atoms with Crippen LogP contribution in [0.5, 0.6) is 0 Å². The van der Waals surface area contributed by atoms with Crippen molar-refractivity contribution in [3.8, 4) is 0 Å². The molecule has 1 aliphatic rings. The van der Waals surface area contributed by atoms with Crippen LogP contribution in [0.3, 0.4) is 0 Å². The van der Waals surface area contributed by atoms with Crippen molar-refractivity contribution in [1.29, 1.82) is 0 Å². The zero-order valence-corrected chi connectivity index (χ0v) is 13.1. The highest BCUT2D eigenvalue weighted by molar-refractivity contribution is 7.89. The first kappa shape index (κ1) is 16.0. The average molecular weight is 310 g/mol. The third kappa shape index (κ3) is 4.28. The highest BCUT2D eigenvalue weighted by Crippen LogP contribution is 2.26. The number of nitrogens with one attached hydrogen (secondary N) is 1. The van der Waals surface area contributed by atoms with E-state index >= 15 is 0 Å². The van der Waals surface area contributed by atoms with Gasteiger partial charge in [0.2, 0.25) is 15.9 Å². The lowest BCUT2D eigenvalue weighted by Crippen LogP contribution is -2.23. The number of hydrogen-bond donors (Lipinski definition) is 2. The predicted octanol–water partition coefficient (Wildman–Crippen LogP) is 2.55. The van der Waals surface area contributed by atoms with Gasteiger partial charge in [0.1, 0.15) is 0 Å². The fraction of sp³-hybridized carbons (Fsp3) is 0.533. The molecule has 0 unspecified atom stereocenters. The summed E-state index contributed by atoms with van der Waals surface area (Å²) in [6, 6.07) is 4.54. The van der Waals surface area contributed by atoms with Crippen molar-refractivity contribution in [2.75, 3.05) is 5.32 Å². The van der Waals surface area contributed by atoms with Gasteiger partial charge in [0.15, 0.2) is 0 Å². The van der Waals surface area contributed by atoms with Gasteiger partial charge in [0.05, 0.1) is 4.90 Å². The minimum absolute atomic E-state index is 0.0178. The maximum Gasteiger partial charge on any atom is 0.238 e. The second-order valence-corrected chi connectivity index (χ2v) is 7.26. The van der Waals surface area contributed by atoms with Crippen molar-refractivity contribution in [2.45, 2.75) is 50.3 Å². The Kier molecular flexibility index (Phi) is 5.00. The summed E-state index contributed by atoms with van der Waals surface area (Å²) in [5, 5.41) is 7.99. The minimum atomic E-state index is -3.76. The lowest BCUT2D eigenvalue weighted by Gasteiger charge is -2.16. The molecule has 1 aromatic carbocycles. The molecule has 5 nitrogen and oxygen atoms in total. The maximum atomic E-state index is 12.3. The number of carbonyl (C=O) groups is 1. The van der Waals surface area contributed by atoms with Gasteiger partial charge in [0.25, 0.3) is 0 Å². The second kappa shape index (κ2) is 6.58. The van der Waals surface area contributed by atoms with Crippen LogP contribution < -0.4 is 10.5 Å². The molecule has 0 spiro atoms. The molecule has 1 fully saturated rings. The molecular weight excluding hydrogens is 288 g/mol. The summed E-state index contributed by atoms with van der Waals surface area (Å²) in [6.07, 6.45) is 6.33. The summed E-state index contributed by atoms with van der Waals surface area (Å²) in [7, 11) is -3.76. The van der Waals surface area contributed by atoms with Crippen LogP contribution in [-0.4, -0.2) is 14.3 Å². The largest absolute Gasteiger partial charge is 0.326 e. The summed E-state index contributed by atoms with van der Waals surface area (Å²) in [6.45, 7) is 1.83. The van der Waals surface area contributed by atoms with Crippen LogP contribution in [0.15, 0.2) is 23.1 Å². The van der Waals surface area contributed by atoms with Crippen LogP contribution in [0.25, 0.3) is 0 Å². The first-order valence-corrected chi connectivity index (χ1v) is 8.87. The van der Waals surface area contributed by atoms with Crippen molar-refractivity contribution >= 4 is 21.6 Å². The fourth-order valence-electron chi connectivity index (χ4n) is 2.69. The summed E-state index contributed by atoms with van der Waals surface area (Å²) < 4.78 is 22.8. The normalized spacial score (nSPS) is 17.2. The van der Waals surface area contributed by atoms with Crippen LogP contribution in [0.1, 0.15) is 44.1 Å². The van der Waals surface area contributed by atoms with E-state index < -0.39 is 10.0 Å². The molecule has 0 radical (unpaired) electrons. The SMILES string of the molecule is Cc1ccc(S(N)(=O)=O)cc1NC(=O)C1CCCCCC1. The number of amides is 1. The van der Waals surface area contributed by atoms with Gasteiger partial charge in [-0.05, 0) is 37.5 Å². The Morgan fingerprint density at radius 1 is 1.19 bits per heavy atom. The average Bonchev–Trinajstić information content (AvgIpc) is 2.68. The molecular formula is C15H22N2O3S. The molecule has 116 valence electrons. The molecule has 21 heavy (non-hydrogen) atoms. The van der Waals surface area contributed by atoms with E-state index in [1.54, 1.807) is 6.07 Å². The highest BCUT2D eigenvalue weighted by Gasteiger charge is 2.21. The van der Waals surface area contributed by atoms with Gasteiger partial charge in [-0.25, -0.2) is 13.6 Å². The van der Waals surface area contributed by atoms with E-state index in [2.05, 4.69) is 5.32 Å². The Labute approximate surface area is 126 Å². The molecule has 1 aromatic rings. The van der Waals surface area contributed by atoms with Gasteiger partial charge in [-0.1, -0.05) is 31.7 Å². The lowest BCUT2D eigenvalue weighted by molar-refractivity contribution is -0.120. The van der Waals surface area contributed by atoms with Crippen molar-refractivity contribution in [2.24, 2.45) is 11.1 Å². The Bertz CT molecular complexity index is 618. The number of sulfonamides is 1. The topological polar surface area (TPSA) is 89.3 Å². The number of rotatable bonds is 3. The predicted molar refractivity (Wildman–Crippen MR) is 82.4 cm³/mol. The number of carbonyl (C=O) groups excluding carboxylic acids is 1. The molecule has 6 heteroatoms. The molecule has 0 heterocycles. The van der Waals surface area contributed by atoms with E-state index in [1.165, 1.54) is 25.0 Å². The molecule has 3 N–H and O–H groups in total. The number of hydrogen-bond acceptors (Lipinski definition) is 3. The Hall–Kier alpha value is -1.40. The van der Waals surface area contributed by atoms with Crippen molar-refractivity contribution < 1.29 is 13.2 Å². The summed E-state index contributed by atoms with van der Waals surface area (Å²) in [4.78, 5) is 12.4. The molecule has 1 saturated carbocycles. The van der Waals surface area contributed by atoms with E-state index in [-0.39, 0.29) is 16.7 Å². The van der Waals surface area contributed by atoms with Gasteiger partial charge in [-0.2, -0.15) is 0 Å². The van der Waals surface area contributed by atoms with Crippen molar-refractivity contribution in [1.82, 2.24) is 0 Å². The van der Waals surface area contributed by atoms with Gasteiger partial charge >= 0.3 is 0 Å². The Morgan fingerprint density at radius 3 is 2.38 bits per heavy atom. The molecule has 0 bridgehead atoms. The Morgan fingerprint density at radius 2 is 1.81 bits per heavy atom. The molecule has 0 aliphatic heterocycles. The number of benzene rings is 1. The maximum absolute atomic E-state index is 12.3. The first-order chi connectivity index (χ1) is 9.88. The molecule has 2 rings (SSSR count). The zero-order valence-electron chi connectivity index (χ0n) is 12.3. The summed E-state index contributed by atoms with van der Waals surface area (Å²) >= 11 is 0. The van der Waals surface area contributed by atoms with E-state index in [9.17, 15) is 13.2 Å². The standard InChI is InChI=1S/C15H22N2O3S/c1-11-8-9-13(21(16,19)20)10-14(11)17-15(18)12-6-4-2-3-5-7-12/h8-10,12H,2-7H2,1H3,(H,17,18)(H2,16,19,20). The van der Waals surface area contributed by atoms with E-state index in [0.717, 1.165) is 31.2 Å². The van der Waals surface area contributed by atoms with E-state index in [1.807, 2.05) is 6.92 Å². The third-order valence-electron chi connectivity index (χ3n) is 4.02. The van der Waals surface area contributed by atoms with E-state index in [0.29, 0.717) is 5.69 Å². The molecule has 0 atom stereocenters. The van der Waals surface area contributed by atoms with Crippen LogP contribution >= 0.6 is 0 Å². The van der Waals surface area contributed by atoms with Crippen molar-refractivity contribution in [3.05, 3.63) is 23.8 Å².